The topological polar surface area (TPSA) is 38.0 Å². The predicted molar refractivity (Wildman–Crippen MR) is 79.9 cm³/mol. The zero-order chi connectivity index (χ0) is 13.3. The van der Waals surface area contributed by atoms with E-state index in [9.17, 15) is 0 Å². The fraction of sp³-hybridized carbons (Fsp3) is 0.625. The second kappa shape index (κ2) is 4.83. The van der Waals surface area contributed by atoms with Crippen LogP contribution in [0.2, 0.25) is 0 Å². The van der Waals surface area contributed by atoms with Gasteiger partial charge in [-0.15, -0.1) is 0 Å². The van der Waals surface area contributed by atoms with Crippen LogP contribution in [0.4, 0.5) is 11.4 Å². The summed E-state index contributed by atoms with van der Waals surface area (Å²) in [5.41, 5.74) is 11.0. The molecule has 0 aliphatic heterocycles. The summed E-state index contributed by atoms with van der Waals surface area (Å²) in [5, 5.41) is 3.55. The first-order chi connectivity index (χ1) is 8.40. The number of anilines is 2. The van der Waals surface area contributed by atoms with Crippen molar-refractivity contribution in [1.29, 1.82) is 0 Å². The molecule has 0 unspecified atom stereocenters. The van der Waals surface area contributed by atoms with Crippen LogP contribution in [0.25, 0.3) is 0 Å². The molecule has 0 spiro atoms. The van der Waals surface area contributed by atoms with Crippen LogP contribution in [0.1, 0.15) is 44.2 Å². The first-order valence-electron chi connectivity index (χ1n) is 7.01. The van der Waals surface area contributed by atoms with E-state index >= 15 is 0 Å². The summed E-state index contributed by atoms with van der Waals surface area (Å²) in [5.74, 6) is 0.873. The van der Waals surface area contributed by atoms with Crippen molar-refractivity contribution < 1.29 is 0 Å². The quantitative estimate of drug-likeness (QED) is 0.784. The molecule has 1 aromatic rings. The molecule has 1 aliphatic carbocycles. The number of aryl methyl sites for hydroxylation is 2. The van der Waals surface area contributed by atoms with Gasteiger partial charge in [0.2, 0.25) is 0 Å². The molecule has 0 bridgehead atoms. The molecule has 3 N–H and O–H groups in total. The fourth-order valence-corrected chi connectivity index (χ4v) is 2.65. The number of nitrogen functional groups attached to an aromatic ring is 1. The molecule has 0 aromatic heterocycles. The molecule has 2 rings (SSSR count). The van der Waals surface area contributed by atoms with Crippen LogP contribution in [0.5, 0.6) is 0 Å². The lowest BCUT2D eigenvalue weighted by Gasteiger charge is -2.40. The van der Waals surface area contributed by atoms with Gasteiger partial charge in [-0.3, -0.25) is 0 Å². The number of hydrogen-bond donors (Lipinski definition) is 2. The van der Waals surface area contributed by atoms with E-state index in [2.05, 4.69) is 45.1 Å². The second-order valence-electron chi connectivity index (χ2n) is 6.49. The van der Waals surface area contributed by atoms with Gasteiger partial charge in [0, 0.05) is 6.54 Å². The van der Waals surface area contributed by atoms with E-state index in [0.717, 1.165) is 23.8 Å². The maximum Gasteiger partial charge on any atom is 0.0576 e. The van der Waals surface area contributed by atoms with Gasteiger partial charge >= 0.3 is 0 Å². The van der Waals surface area contributed by atoms with E-state index in [4.69, 9.17) is 5.73 Å². The van der Waals surface area contributed by atoms with E-state index in [0.29, 0.717) is 5.41 Å². The van der Waals surface area contributed by atoms with Gasteiger partial charge in [0.05, 0.1) is 11.4 Å². The van der Waals surface area contributed by atoms with Gasteiger partial charge in [-0.25, -0.2) is 0 Å². The van der Waals surface area contributed by atoms with E-state index in [-0.39, 0.29) is 0 Å². The Morgan fingerprint density at radius 2 is 1.83 bits per heavy atom. The minimum Gasteiger partial charge on any atom is -0.397 e. The Bertz CT molecular complexity index is 431. The normalized spacial score (nSPS) is 16.4. The molecule has 0 atom stereocenters. The summed E-state index contributed by atoms with van der Waals surface area (Å²) in [4.78, 5) is 0. The molecule has 1 fully saturated rings. The van der Waals surface area contributed by atoms with Crippen molar-refractivity contribution in [3.8, 4) is 0 Å². The summed E-state index contributed by atoms with van der Waals surface area (Å²) in [6, 6.07) is 4.23. The average Bonchev–Trinajstić information content (AvgIpc) is 2.18. The highest BCUT2D eigenvalue weighted by atomic mass is 14.9. The zero-order valence-electron chi connectivity index (χ0n) is 12.1. The molecule has 0 heterocycles. The highest BCUT2D eigenvalue weighted by Gasteiger charge is 2.33. The monoisotopic (exact) mass is 246 g/mol. The van der Waals surface area contributed by atoms with Gasteiger partial charge in [-0.2, -0.15) is 0 Å². The van der Waals surface area contributed by atoms with E-state index < -0.39 is 0 Å². The molecular weight excluding hydrogens is 220 g/mol. The Morgan fingerprint density at radius 3 is 2.39 bits per heavy atom. The number of nitrogens with two attached hydrogens (primary N) is 1. The van der Waals surface area contributed by atoms with Crippen molar-refractivity contribution in [3.05, 3.63) is 23.3 Å². The van der Waals surface area contributed by atoms with Gasteiger partial charge in [0.25, 0.3) is 0 Å². The first kappa shape index (κ1) is 13.3. The third-order valence-corrected chi connectivity index (χ3v) is 4.61. The lowest BCUT2D eigenvalue weighted by atomic mass is 9.67. The van der Waals surface area contributed by atoms with Gasteiger partial charge < -0.3 is 11.1 Å². The Hall–Kier alpha value is -1.18. The molecule has 2 nitrogen and oxygen atoms in total. The van der Waals surface area contributed by atoms with Gasteiger partial charge in [0.15, 0.2) is 0 Å². The molecule has 1 aliphatic rings. The molecule has 1 saturated carbocycles. The Morgan fingerprint density at radius 1 is 1.22 bits per heavy atom. The molecular formula is C16H26N2. The molecule has 2 heteroatoms. The fourth-order valence-electron chi connectivity index (χ4n) is 2.65. The summed E-state index contributed by atoms with van der Waals surface area (Å²) in [7, 11) is 0. The van der Waals surface area contributed by atoms with Crippen molar-refractivity contribution in [1.82, 2.24) is 0 Å². The minimum atomic E-state index is 0.365. The predicted octanol–water partition coefficient (Wildman–Crippen LogP) is 4.12. The maximum atomic E-state index is 6.08. The summed E-state index contributed by atoms with van der Waals surface area (Å²) in [6.07, 6.45) is 4.17. The highest BCUT2D eigenvalue weighted by Crippen LogP contribution is 2.41. The molecule has 1 aromatic carbocycles. The average molecular weight is 246 g/mol. The summed E-state index contributed by atoms with van der Waals surface area (Å²) >= 11 is 0. The minimum absolute atomic E-state index is 0.365. The van der Waals surface area contributed by atoms with E-state index in [1.54, 1.807) is 0 Å². The van der Waals surface area contributed by atoms with Gasteiger partial charge in [-0.05, 0) is 61.3 Å². The Kier molecular flexibility index (Phi) is 3.56. The SMILES string of the molecule is Cc1cc(N)c(NCC(C)(C)C2CCC2)cc1C. The van der Waals surface area contributed by atoms with Crippen LogP contribution < -0.4 is 11.1 Å². The molecule has 0 radical (unpaired) electrons. The molecule has 0 amide bonds. The van der Waals surface area contributed by atoms with Gasteiger partial charge in [-0.1, -0.05) is 20.3 Å². The van der Waals surface area contributed by atoms with Crippen LogP contribution in [0.15, 0.2) is 12.1 Å². The Balaban J connectivity index is 2.03. The number of rotatable bonds is 4. The molecule has 18 heavy (non-hydrogen) atoms. The van der Waals surface area contributed by atoms with Crippen LogP contribution >= 0.6 is 0 Å². The lowest BCUT2D eigenvalue weighted by Crippen LogP contribution is -2.35. The summed E-state index contributed by atoms with van der Waals surface area (Å²) in [6.45, 7) is 9.97. The van der Waals surface area contributed by atoms with Crippen molar-refractivity contribution in [2.75, 3.05) is 17.6 Å². The van der Waals surface area contributed by atoms with Crippen LogP contribution in [0, 0.1) is 25.2 Å². The smallest absolute Gasteiger partial charge is 0.0576 e. The van der Waals surface area contributed by atoms with E-state index in [1.807, 2.05) is 0 Å². The van der Waals surface area contributed by atoms with Crippen molar-refractivity contribution in [2.45, 2.75) is 47.0 Å². The second-order valence-corrected chi connectivity index (χ2v) is 6.49. The van der Waals surface area contributed by atoms with Crippen molar-refractivity contribution in [2.24, 2.45) is 11.3 Å². The third kappa shape index (κ3) is 2.63. The largest absolute Gasteiger partial charge is 0.397 e. The van der Waals surface area contributed by atoms with Crippen molar-refractivity contribution in [3.63, 3.8) is 0 Å². The van der Waals surface area contributed by atoms with Crippen LogP contribution in [-0.2, 0) is 0 Å². The van der Waals surface area contributed by atoms with Crippen LogP contribution in [0.3, 0.4) is 0 Å². The maximum absolute atomic E-state index is 6.08. The summed E-state index contributed by atoms with van der Waals surface area (Å²) < 4.78 is 0. The molecule has 100 valence electrons. The zero-order valence-corrected chi connectivity index (χ0v) is 12.1. The first-order valence-corrected chi connectivity index (χ1v) is 7.01. The lowest BCUT2D eigenvalue weighted by molar-refractivity contribution is 0.134. The van der Waals surface area contributed by atoms with Gasteiger partial charge in [0.1, 0.15) is 0 Å². The Labute approximate surface area is 111 Å². The van der Waals surface area contributed by atoms with Crippen molar-refractivity contribution >= 4 is 11.4 Å². The van der Waals surface area contributed by atoms with Crippen LogP contribution in [-0.4, -0.2) is 6.54 Å². The standard InChI is InChI=1S/C16H26N2/c1-11-8-14(17)15(9-12(11)2)18-10-16(3,4)13-6-5-7-13/h8-9,13,18H,5-7,10,17H2,1-4H3. The van der Waals surface area contributed by atoms with E-state index in [1.165, 1.54) is 30.4 Å². The molecule has 0 saturated heterocycles. The highest BCUT2D eigenvalue weighted by molar-refractivity contribution is 5.68. The number of hydrogen-bond acceptors (Lipinski definition) is 2. The third-order valence-electron chi connectivity index (χ3n) is 4.61. The number of benzene rings is 1. The number of nitrogens with one attached hydrogen (secondary N) is 1.